The molecule has 1 aromatic rings. The third kappa shape index (κ3) is 2.73. The van der Waals surface area contributed by atoms with Gasteiger partial charge in [0.2, 0.25) is 0 Å². The maximum Gasteiger partial charge on any atom is 0.129 e. The van der Waals surface area contributed by atoms with E-state index in [4.69, 9.17) is 11.6 Å². The number of nitrogens with zero attached hydrogens (tertiary/aromatic N) is 1. The second-order valence-corrected chi connectivity index (χ2v) is 4.61. The van der Waals surface area contributed by atoms with Gasteiger partial charge in [-0.25, -0.2) is 4.39 Å². The molecule has 0 saturated carbocycles. The molecule has 90 valence electrons. The topological polar surface area (TPSA) is 23.5 Å². The number of benzene rings is 1. The van der Waals surface area contributed by atoms with Crippen LogP contribution in [-0.4, -0.2) is 30.7 Å². The van der Waals surface area contributed by atoms with Crippen molar-refractivity contribution in [1.29, 1.82) is 0 Å². The van der Waals surface area contributed by atoms with Crippen LogP contribution in [0.1, 0.15) is 18.5 Å². The lowest BCUT2D eigenvalue weighted by atomic mass is 9.93. The molecule has 0 aromatic heterocycles. The molecule has 2 nitrogen and oxygen atoms in total. The maximum absolute atomic E-state index is 13.8. The molecule has 2 unspecified atom stereocenters. The predicted octanol–water partition coefficient (Wildman–Crippen LogP) is 2.71. The lowest BCUT2D eigenvalue weighted by Crippen LogP contribution is -2.29. The van der Waals surface area contributed by atoms with Gasteiger partial charge < -0.3 is 10.0 Å². The smallest absolute Gasteiger partial charge is 0.129 e. The first kappa shape index (κ1) is 13.4. The molecule has 0 fully saturated rings. The lowest BCUT2D eigenvalue weighted by molar-refractivity contribution is 0.143. The molecule has 16 heavy (non-hydrogen) atoms. The van der Waals surface area contributed by atoms with Gasteiger partial charge in [-0.15, -0.1) is 0 Å². The van der Waals surface area contributed by atoms with Crippen LogP contribution in [0, 0.1) is 11.7 Å². The fourth-order valence-corrected chi connectivity index (χ4v) is 2.22. The fraction of sp³-hybridized carbons (Fsp3) is 0.500. The summed E-state index contributed by atoms with van der Waals surface area (Å²) in [6.07, 6.45) is 0. The van der Waals surface area contributed by atoms with Crippen molar-refractivity contribution < 1.29 is 9.50 Å². The van der Waals surface area contributed by atoms with E-state index in [0.29, 0.717) is 10.6 Å². The minimum Gasteiger partial charge on any atom is -0.396 e. The summed E-state index contributed by atoms with van der Waals surface area (Å²) < 4.78 is 13.8. The molecule has 1 N–H and O–H groups in total. The molecule has 0 spiro atoms. The summed E-state index contributed by atoms with van der Waals surface area (Å²) in [5.41, 5.74) is 0.454. The summed E-state index contributed by atoms with van der Waals surface area (Å²) in [5.74, 6) is -0.407. The van der Waals surface area contributed by atoms with Crippen molar-refractivity contribution in [3.05, 3.63) is 34.6 Å². The van der Waals surface area contributed by atoms with E-state index in [9.17, 15) is 9.50 Å². The van der Waals surface area contributed by atoms with Crippen molar-refractivity contribution in [3.8, 4) is 0 Å². The number of hydrogen-bond acceptors (Lipinski definition) is 2. The number of halogens is 2. The van der Waals surface area contributed by atoms with E-state index < -0.39 is 0 Å². The third-order valence-electron chi connectivity index (χ3n) is 2.68. The number of aliphatic hydroxyl groups excluding tert-OH is 1. The Morgan fingerprint density at radius 1 is 1.44 bits per heavy atom. The molecule has 0 amide bonds. The van der Waals surface area contributed by atoms with E-state index in [1.54, 1.807) is 12.1 Å². The van der Waals surface area contributed by atoms with Gasteiger partial charge in [0.15, 0.2) is 0 Å². The summed E-state index contributed by atoms with van der Waals surface area (Å²) in [6, 6.07) is 4.42. The highest BCUT2D eigenvalue weighted by molar-refractivity contribution is 6.31. The molecule has 0 radical (unpaired) electrons. The molecule has 0 heterocycles. The molecule has 0 aliphatic rings. The Morgan fingerprint density at radius 3 is 2.50 bits per heavy atom. The van der Waals surface area contributed by atoms with E-state index in [1.165, 1.54) is 6.07 Å². The molecular formula is C12H17ClFNO. The van der Waals surface area contributed by atoms with Gasteiger partial charge in [0.25, 0.3) is 0 Å². The number of aliphatic hydroxyl groups is 1. The van der Waals surface area contributed by atoms with E-state index in [2.05, 4.69) is 0 Å². The van der Waals surface area contributed by atoms with Crippen molar-refractivity contribution in [3.63, 3.8) is 0 Å². The fourth-order valence-electron chi connectivity index (χ4n) is 1.94. The van der Waals surface area contributed by atoms with Crippen LogP contribution in [0.2, 0.25) is 5.02 Å². The van der Waals surface area contributed by atoms with Crippen LogP contribution < -0.4 is 0 Å². The molecule has 0 aliphatic heterocycles. The average molecular weight is 246 g/mol. The second kappa shape index (κ2) is 5.62. The highest BCUT2D eigenvalue weighted by Crippen LogP contribution is 2.33. The maximum atomic E-state index is 13.8. The van der Waals surface area contributed by atoms with Crippen LogP contribution in [0.5, 0.6) is 0 Å². The average Bonchev–Trinajstić information content (AvgIpc) is 2.22. The Labute approximate surface area is 101 Å². The molecule has 2 atom stereocenters. The zero-order chi connectivity index (χ0) is 12.3. The third-order valence-corrected chi connectivity index (χ3v) is 3.01. The van der Waals surface area contributed by atoms with Crippen LogP contribution in [0.3, 0.4) is 0 Å². The number of rotatable bonds is 4. The van der Waals surface area contributed by atoms with E-state index in [1.807, 2.05) is 25.9 Å². The molecular weight excluding hydrogens is 229 g/mol. The van der Waals surface area contributed by atoms with Crippen molar-refractivity contribution in [2.45, 2.75) is 13.0 Å². The largest absolute Gasteiger partial charge is 0.396 e. The normalized spacial score (nSPS) is 15.2. The van der Waals surface area contributed by atoms with Gasteiger partial charge in [-0.1, -0.05) is 24.6 Å². The van der Waals surface area contributed by atoms with Crippen molar-refractivity contribution in [2.75, 3.05) is 20.7 Å². The van der Waals surface area contributed by atoms with Gasteiger partial charge in [-0.05, 0) is 32.1 Å². The highest BCUT2D eigenvalue weighted by atomic mass is 35.5. The molecule has 0 saturated heterocycles. The van der Waals surface area contributed by atoms with Crippen LogP contribution in [-0.2, 0) is 0 Å². The summed E-state index contributed by atoms with van der Waals surface area (Å²) in [4.78, 5) is 1.87. The van der Waals surface area contributed by atoms with E-state index >= 15 is 0 Å². The molecule has 4 heteroatoms. The molecule has 1 rings (SSSR count). The molecule has 0 bridgehead atoms. The van der Waals surface area contributed by atoms with Gasteiger partial charge in [-0.3, -0.25) is 0 Å². The lowest BCUT2D eigenvalue weighted by Gasteiger charge is -2.30. The minimum absolute atomic E-state index is 0.00644. The zero-order valence-electron chi connectivity index (χ0n) is 9.74. The van der Waals surface area contributed by atoms with Gasteiger partial charge in [0, 0.05) is 23.2 Å². The number of hydrogen-bond donors (Lipinski definition) is 1. The van der Waals surface area contributed by atoms with Gasteiger partial charge in [-0.2, -0.15) is 0 Å². The second-order valence-electron chi connectivity index (χ2n) is 4.20. The quantitative estimate of drug-likeness (QED) is 0.882. The van der Waals surface area contributed by atoms with Crippen LogP contribution in [0.25, 0.3) is 0 Å². The Kier molecular flexibility index (Phi) is 4.71. The van der Waals surface area contributed by atoms with E-state index in [-0.39, 0.29) is 24.4 Å². The highest BCUT2D eigenvalue weighted by Gasteiger charge is 2.25. The van der Waals surface area contributed by atoms with Crippen molar-refractivity contribution in [2.24, 2.45) is 5.92 Å². The minimum atomic E-state index is -0.327. The summed E-state index contributed by atoms with van der Waals surface area (Å²) >= 11 is 6.02. The SMILES string of the molecule is CC(CO)C(c1c(F)cccc1Cl)N(C)C. The van der Waals surface area contributed by atoms with Crippen LogP contribution >= 0.6 is 11.6 Å². The Bertz CT molecular complexity index is 337. The summed E-state index contributed by atoms with van der Waals surface area (Å²) in [5, 5.41) is 9.61. The van der Waals surface area contributed by atoms with Crippen LogP contribution in [0.15, 0.2) is 18.2 Å². The Balaban J connectivity index is 3.20. The Hall–Kier alpha value is -0.640. The van der Waals surface area contributed by atoms with Crippen LogP contribution in [0.4, 0.5) is 4.39 Å². The van der Waals surface area contributed by atoms with Crippen molar-refractivity contribution >= 4 is 11.6 Å². The first-order valence-electron chi connectivity index (χ1n) is 5.20. The predicted molar refractivity (Wildman–Crippen MR) is 64.1 cm³/mol. The first-order chi connectivity index (χ1) is 7.49. The standard InChI is InChI=1S/C12H17ClFNO/c1-8(7-16)12(15(2)3)11-9(13)5-4-6-10(11)14/h4-6,8,12,16H,7H2,1-3H3. The first-order valence-corrected chi connectivity index (χ1v) is 5.58. The van der Waals surface area contributed by atoms with Crippen molar-refractivity contribution in [1.82, 2.24) is 4.90 Å². The monoisotopic (exact) mass is 245 g/mol. The van der Waals surface area contributed by atoms with Gasteiger partial charge in [0.05, 0.1) is 0 Å². The zero-order valence-corrected chi connectivity index (χ0v) is 10.5. The van der Waals surface area contributed by atoms with E-state index in [0.717, 1.165) is 0 Å². The molecule has 0 aliphatic carbocycles. The van der Waals surface area contributed by atoms with Gasteiger partial charge in [0.1, 0.15) is 5.82 Å². The summed E-state index contributed by atoms with van der Waals surface area (Å²) in [7, 11) is 3.69. The molecule has 1 aromatic carbocycles. The Morgan fingerprint density at radius 2 is 2.06 bits per heavy atom. The van der Waals surface area contributed by atoms with Gasteiger partial charge >= 0.3 is 0 Å². The summed E-state index contributed by atoms with van der Waals surface area (Å²) in [6.45, 7) is 1.86.